The van der Waals surface area contributed by atoms with E-state index in [0.29, 0.717) is 18.1 Å². The highest BCUT2D eigenvalue weighted by Gasteiger charge is 2.35. The molecule has 1 unspecified atom stereocenters. The Balaban J connectivity index is 2.35. The molecule has 1 fully saturated rings. The molecule has 0 aromatic heterocycles. The van der Waals surface area contributed by atoms with E-state index in [4.69, 9.17) is 17.3 Å². The molecule has 1 saturated heterocycles. The molecular formula is C12H16ClN3O. The molecule has 0 spiro atoms. The molecule has 0 radical (unpaired) electrons. The van der Waals surface area contributed by atoms with Crippen molar-refractivity contribution in [2.75, 3.05) is 25.0 Å². The first-order chi connectivity index (χ1) is 8.04. The zero-order valence-electron chi connectivity index (χ0n) is 9.98. The van der Waals surface area contributed by atoms with Gasteiger partial charge in [-0.15, -0.1) is 0 Å². The number of aryl methyl sites for hydroxylation is 1. The van der Waals surface area contributed by atoms with Crippen LogP contribution in [0, 0.1) is 6.92 Å². The molecule has 92 valence electrons. The molecule has 1 aliphatic heterocycles. The minimum atomic E-state index is -0.0224. The Morgan fingerprint density at radius 3 is 2.82 bits per heavy atom. The molecule has 2 N–H and O–H groups in total. The van der Waals surface area contributed by atoms with Crippen molar-refractivity contribution < 1.29 is 4.79 Å². The lowest BCUT2D eigenvalue weighted by Gasteiger charge is -2.18. The summed E-state index contributed by atoms with van der Waals surface area (Å²) in [6, 6.07) is 5.61. The van der Waals surface area contributed by atoms with Crippen LogP contribution in [0.3, 0.4) is 0 Å². The maximum absolute atomic E-state index is 12.1. The monoisotopic (exact) mass is 253 g/mol. The zero-order chi connectivity index (χ0) is 12.6. The van der Waals surface area contributed by atoms with Crippen LogP contribution in [-0.2, 0) is 0 Å². The van der Waals surface area contributed by atoms with Crippen molar-refractivity contribution in [3.8, 4) is 0 Å². The molecule has 4 nitrogen and oxygen atoms in total. The van der Waals surface area contributed by atoms with Gasteiger partial charge < -0.3 is 10.6 Å². The quantitative estimate of drug-likeness (QED) is 0.875. The fourth-order valence-electron chi connectivity index (χ4n) is 2.07. The van der Waals surface area contributed by atoms with E-state index in [1.165, 1.54) is 0 Å². The van der Waals surface area contributed by atoms with Crippen LogP contribution in [-0.4, -0.2) is 37.1 Å². The van der Waals surface area contributed by atoms with E-state index in [-0.39, 0.29) is 12.1 Å². The first-order valence-corrected chi connectivity index (χ1v) is 5.93. The largest absolute Gasteiger partial charge is 0.328 e. The van der Waals surface area contributed by atoms with Crippen LogP contribution < -0.4 is 10.6 Å². The Labute approximate surface area is 106 Å². The van der Waals surface area contributed by atoms with E-state index < -0.39 is 0 Å². The number of likely N-dealkylation sites (N-methyl/N-ethyl adjacent to an activating group) is 1. The van der Waals surface area contributed by atoms with E-state index in [9.17, 15) is 4.79 Å². The zero-order valence-corrected chi connectivity index (χ0v) is 10.7. The number of carbonyl (C=O) groups excluding carboxylic acids is 1. The highest BCUT2D eigenvalue weighted by atomic mass is 35.5. The first-order valence-electron chi connectivity index (χ1n) is 5.55. The number of urea groups is 1. The maximum Gasteiger partial charge on any atom is 0.324 e. The topological polar surface area (TPSA) is 49.6 Å². The highest BCUT2D eigenvalue weighted by Crippen LogP contribution is 2.28. The third-order valence-electron chi connectivity index (χ3n) is 3.21. The Hall–Kier alpha value is -1.26. The number of amides is 2. The number of halogens is 1. The number of hydrogen-bond donors (Lipinski definition) is 1. The lowest BCUT2D eigenvalue weighted by molar-refractivity contribution is 0.219. The average molecular weight is 254 g/mol. The molecule has 1 heterocycles. The van der Waals surface area contributed by atoms with E-state index >= 15 is 0 Å². The van der Waals surface area contributed by atoms with Crippen LogP contribution in [0.2, 0.25) is 5.02 Å². The van der Waals surface area contributed by atoms with Gasteiger partial charge in [-0.05, 0) is 24.6 Å². The third-order valence-corrected chi connectivity index (χ3v) is 3.44. The number of rotatable bonds is 2. The maximum atomic E-state index is 12.1. The normalized spacial score (nSPS) is 20.2. The van der Waals surface area contributed by atoms with Crippen molar-refractivity contribution in [2.45, 2.75) is 13.0 Å². The van der Waals surface area contributed by atoms with E-state index in [0.717, 1.165) is 11.3 Å². The lowest BCUT2D eigenvalue weighted by Crippen LogP contribution is -2.35. The standard InChI is InChI=1S/C12H16ClN3O/c1-8-3-4-9(13)5-11(8)16-7-10(6-14)15(2)12(16)17/h3-5,10H,6-7,14H2,1-2H3. The van der Waals surface area contributed by atoms with Gasteiger partial charge in [0.05, 0.1) is 6.04 Å². The van der Waals surface area contributed by atoms with Gasteiger partial charge in [0, 0.05) is 30.8 Å². The second-order valence-corrected chi connectivity index (χ2v) is 4.76. The van der Waals surface area contributed by atoms with Crippen molar-refractivity contribution in [1.29, 1.82) is 0 Å². The highest BCUT2D eigenvalue weighted by molar-refractivity contribution is 6.31. The molecule has 17 heavy (non-hydrogen) atoms. The summed E-state index contributed by atoms with van der Waals surface area (Å²) in [6.45, 7) is 3.06. The molecule has 0 saturated carbocycles. The molecule has 1 aliphatic rings. The molecule has 1 atom stereocenters. The van der Waals surface area contributed by atoms with Crippen molar-refractivity contribution >= 4 is 23.3 Å². The van der Waals surface area contributed by atoms with E-state index in [1.807, 2.05) is 25.1 Å². The molecule has 5 heteroatoms. The molecule has 1 aromatic rings. The van der Waals surface area contributed by atoms with Gasteiger partial charge in [0.25, 0.3) is 0 Å². The summed E-state index contributed by atoms with van der Waals surface area (Å²) < 4.78 is 0. The number of anilines is 1. The lowest BCUT2D eigenvalue weighted by atomic mass is 10.2. The fourth-order valence-corrected chi connectivity index (χ4v) is 2.23. The summed E-state index contributed by atoms with van der Waals surface area (Å²) in [6.07, 6.45) is 0. The van der Waals surface area contributed by atoms with Gasteiger partial charge in [-0.25, -0.2) is 4.79 Å². The summed E-state index contributed by atoms with van der Waals surface area (Å²) >= 11 is 5.97. The SMILES string of the molecule is Cc1ccc(Cl)cc1N1CC(CN)N(C)C1=O. The predicted molar refractivity (Wildman–Crippen MR) is 69.5 cm³/mol. The summed E-state index contributed by atoms with van der Waals surface area (Å²) in [4.78, 5) is 15.5. The second kappa shape index (κ2) is 4.55. The van der Waals surface area contributed by atoms with Crippen molar-refractivity contribution in [2.24, 2.45) is 5.73 Å². The van der Waals surface area contributed by atoms with Gasteiger partial charge in [0.1, 0.15) is 0 Å². The molecule has 0 aliphatic carbocycles. The summed E-state index contributed by atoms with van der Waals surface area (Å²) in [5.74, 6) is 0. The summed E-state index contributed by atoms with van der Waals surface area (Å²) in [7, 11) is 1.78. The van der Waals surface area contributed by atoms with Crippen LogP contribution in [0.25, 0.3) is 0 Å². The molecule has 2 rings (SSSR count). The summed E-state index contributed by atoms with van der Waals surface area (Å²) in [5.41, 5.74) is 7.55. The number of nitrogens with zero attached hydrogens (tertiary/aromatic N) is 2. The van der Waals surface area contributed by atoms with Gasteiger partial charge in [0.15, 0.2) is 0 Å². The number of nitrogens with two attached hydrogens (primary N) is 1. The van der Waals surface area contributed by atoms with Gasteiger partial charge >= 0.3 is 6.03 Å². The Morgan fingerprint density at radius 2 is 2.24 bits per heavy atom. The first kappa shape index (κ1) is 12.2. The third kappa shape index (κ3) is 2.10. The minimum absolute atomic E-state index is 0.0224. The van der Waals surface area contributed by atoms with E-state index in [1.54, 1.807) is 16.8 Å². The Kier molecular flexibility index (Phi) is 3.26. The summed E-state index contributed by atoms with van der Waals surface area (Å²) in [5, 5.41) is 0.636. The van der Waals surface area contributed by atoms with Crippen molar-refractivity contribution in [3.05, 3.63) is 28.8 Å². The van der Waals surface area contributed by atoms with Crippen LogP contribution in [0.1, 0.15) is 5.56 Å². The Morgan fingerprint density at radius 1 is 1.53 bits per heavy atom. The molecule has 2 amide bonds. The Bertz CT molecular complexity index is 449. The van der Waals surface area contributed by atoms with Crippen molar-refractivity contribution in [1.82, 2.24) is 4.90 Å². The molecular weight excluding hydrogens is 238 g/mol. The predicted octanol–water partition coefficient (Wildman–Crippen LogP) is 1.85. The minimum Gasteiger partial charge on any atom is -0.328 e. The van der Waals surface area contributed by atoms with Gasteiger partial charge in [-0.3, -0.25) is 4.90 Å². The van der Waals surface area contributed by atoms with Crippen LogP contribution in [0.15, 0.2) is 18.2 Å². The number of benzene rings is 1. The smallest absolute Gasteiger partial charge is 0.324 e. The van der Waals surface area contributed by atoms with Gasteiger partial charge in [-0.1, -0.05) is 17.7 Å². The number of carbonyl (C=O) groups is 1. The number of hydrogen-bond acceptors (Lipinski definition) is 2. The molecule has 0 bridgehead atoms. The fraction of sp³-hybridized carbons (Fsp3) is 0.417. The van der Waals surface area contributed by atoms with E-state index in [2.05, 4.69) is 0 Å². The second-order valence-electron chi connectivity index (χ2n) is 4.32. The van der Waals surface area contributed by atoms with Gasteiger partial charge in [0.2, 0.25) is 0 Å². The van der Waals surface area contributed by atoms with Crippen LogP contribution in [0.5, 0.6) is 0 Å². The average Bonchev–Trinajstić information content (AvgIpc) is 2.59. The van der Waals surface area contributed by atoms with Gasteiger partial charge in [-0.2, -0.15) is 0 Å². The molecule has 1 aromatic carbocycles. The van der Waals surface area contributed by atoms with Crippen LogP contribution >= 0.6 is 11.6 Å². The van der Waals surface area contributed by atoms with Crippen molar-refractivity contribution in [3.63, 3.8) is 0 Å². The van der Waals surface area contributed by atoms with Crippen LogP contribution in [0.4, 0.5) is 10.5 Å².